The van der Waals surface area contributed by atoms with E-state index in [1.807, 2.05) is 0 Å². The molecule has 2 saturated carbocycles. The highest BCUT2D eigenvalue weighted by molar-refractivity contribution is 5.75. The minimum atomic E-state index is 0.0916. The fraction of sp³-hybridized carbons (Fsp3) is 0.864. The second-order valence-corrected chi connectivity index (χ2v) is 9.41. The number of likely N-dealkylation sites (tertiary alicyclic amines) is 1. The van der Waals surface area contributed by atoms with Gasteiger partial charge in [-0.25, -0.2) is 0 Å². The Bertz CT molecular complexity index is 530. The van der Waals surface area contributed by atoms with Crippen molar-refractivity contribution in [3.05, 3.63) is 12.2 Å². The van der Waals surface area contributed by atoms with Crippen LogP contribution in [0.2, 0.25) is 0 Å². The first-order chi connectivity index (χ1) is 12.1. The lowest BCUT2D eigenvalue weighted by Crippen LogP contribution is -3.16. The summed E-state index contributed by atoms with van der Waals surface area (Å²) in [5.74, 6) is 2.76. The molecular weight excluding hydrogens is 310 g/mol. The molecule has 0 aromatic rings. The molecule has 0 aromatic carbocycles. The van der Waals surface area contributed by atoms with Crippen molar-refractivity contribution in [3.8, 4) is 0 Å². The summed E-state index contributed by atoms with van der Waals surface area (Å²) in [5, 5.41) is 0. The average Bonchev–Trinajstić information content (AvgIpc) is 2.89. The van der Waals surface area contributed by atoms with E-state index in [0.29, 0.717) is 17.9 Å². The third kappa shape index (κ3) is 3.18. The van der Waals surface area contributed by atoms with Crippen LogP contribution in [0.1, 0.15) is 65.2 Å². The molecule has 4 fully saturated rings. The molecule has 2 aliphatic heterocycles. The van der Waals surface area contributed by atoms with E-state index in [0.717, 1.165) is 24.3 Å². The molecule has 2 heterocycles. The summed E-state index contributed by atoms with van der Waals surface area (Å²) < 4.78 is 5.70. The highest BCUT2D eigenvalue weighted by Gasteiger charge is 2.53. The van der Waals surface area contributed by atoms with E-state index < -0.39 is 0 Å². The van der Waals surface area contributed by atoms with Crippen molar-refractivity contribution >= 4 is 5.97 Å². The number of carbonyl (C=O) groups is 1. The zero-order valence-corrected chi connectivity index (χ0v) is 16.2. The Kier molecular flexibility index (Phi) is 4.96. The smallest absolute Gasteiger partial charge is 0.309 e. The van der Waals surface area contributed by atoms with Crippen LogP contribution in [0, 0.1) is 29.6 Å². The van der Waals surface area contributed by atoms with Crippen molar-refractivity contribution in [2.24, 2.45) is 29.6 Å². The maximum Gasteiger partial charge on any atom is 0.309 e. The van der Waals surface area contributed by atoms with Crippen LogP contribution in [0.3, 0.4) is 0 Å². The van der Waals surface area contributed by atoms with Crippen LogP contribution in [0.4, 0.5) is 0 Å². The van der Waals surface area contributed by atoms with Crippen LogP contribution >= 0.6 is 0 Å². The Hall–Kier alpha value is -0.830. The second kappa shape index (κ2) is 7.06. The summed E-state index contributed by atoms with van der Waals surface area (Å²) >= 11 is 0. The quantitative estimate of drug-likeness (QED) is 0.615. The predicted octanol–water partition coefficient (Wildman–Crippen LogP) is 3.00. The Balaban J connectivity index is 1.57. The highest BCUT2D eigenvalue weighted by Crippen LogP contribution is 2.53. The van der Waals surface area contributed by atoms with E-state index in [9.17, 15) is 4.79 Å². The lowest BCUT2D eigenvalue weighted by molar-refractivity contribution is -0.927. The first-order valence-electron chi connectivity index (χ1n) is 10.8. The zero-order chi connectivity index (χ0) is 17.6. The predicted molar refractivity (Wildman–Crippen MR) is 99.2 cm³/mol. The molecule has 1 N–H and O–H groups in total. The van der Waals surface area contributed by atoms with Crippen molar-refractivity contribution < 1.29 is 14.4 Å². The normalized spacial score (nSPS) is 50.4. The van der Waals surface area contributed by atoms with Crippen molar-refractivity contribution in [2.75, 3.05) is 7.05 Å². The molecule has 2 aliphatic carbocycles. The SMILES string of the molecule is C[C@@H]1OC(=O)[C@@H]2C[C@H]3CCCC[C@H]3[C@@H](/C=C/[C@@H]3CCC[C@H](C)[NH+]3C)[C@@H]12. The molecule has 4 rings (SSSR count). The van der Waals surface area contributed by atoms with Gasteiger partial charge in [0.1, 0.15) is 12.1 Å². The van der Waals surface area contributed by atoms with Gasteiger partial charge in [-0.05, 0) is 63.4 Å². The molecule has 0 aromatic heterocycles. The summed E-state index contributed by atoms with van der Waals surface area (Å²) in [4.78, 5) is 14.1. The van der Waals surface area contributed by atoms with Crippen molar-refractivity contribution in [3.63, 3.8) is 0 Å². The number of fused-ring (bicyclic) bond motifs is 2. The molecular formula is C22H36NO2+. The standard InChI is InChI=1S/C22H35NO2/c1-14-7-6-9-17(23(14)3)11-12-19-18-10-5-4-8-16(18)13-20-21(19)15(2)25-22(20)24/h11-12,14-21H,4-10,13H2,1-3H3/p+1/b12-11+/t14-,15-,16+,17-,18+,19+,20+,21+/m0/s1. The monoisotopic (exact) mass is 346 g/mol. The number of ether oxygens (including phenoxy) is 1. The molecule has 0 radical (unpaired) electrons. The van der Waals surface area contributed by atoms with E-state index in [2.05, 4.69) is 33.0 Å². The van der Waals surface area contributed by atoms with E-state index in [1.54, 1.807) is 4.90 Å². The number of allylic oxidation sites excluding steroid dienone is 1. The lowest BCUT2D eigenvalue weighted by Gasteiger charge is -2.46. The van der Waals surface area contributed by atoms with Gasteiger partial charge in [-0.2, -0.15) is 0 Å². The van der Waals surface area contributed by atoms with E-state index in [4.69, 9.17) is 4.74 Å². The number of quaternary nitrogens is 1. The number of hydrogen-bond acceptors (Lipinski definition) is 2. The maximum atomic E-state index is 12.4. The third-order valence-corrected chi connectivity index (χ3v) is 8.15. The third-order valence-electron chi connectivity index (χ3n) is 8.15. The summed E-state index contributed by atoms with van der Waals surface area (Å²) in [7, 11) is 2.36. The van der Waals surface area contributed by atoms with Crippen LogP contribution in [-0.2, 0) is 9.53 Å². The Morgan fingerprint density at radius 2 is 1.84 bits per heavy atom. The van der Waals surface area contributed by atoms with Gasteiger partial charge >= 0.3 is 5.97 Å². The largest absolute Gasteiger partial charge is 0.462 e. The number of rotatable bonds is 2. The van der Waals surface area contributed by atoms with Gasteiger partial charge in [-0.1, -0.05) is 25.3 Å². The number of likely N-dealkylation sites (N-methyl/N-ethyl adjacent to an activating group) is 1. The second-order valence-electron chi connectivity index (χ2n) is 9.41. The van der Waals surface area contributed by atoms with Crippen LogP contribution < -0.4 is 4.90 Å². The fourth-order valence-corrected chi connectivity index (χ4v) is 6.56. The van der Waals surface area contributed by atoms with Gasteiger partial charge in [0.25, 0.3) is 0 Å². The van der Waals surface area contributed by atoms with Crippen molar-refractivity contribution in [1.29, 1.82) is 0 Å². The summed E-state index contributed by atoms with van der Waals surface area (Å²) in [6, 6.07) is 1.42. The molecule has 9 atom stereocenters. The molecule has 25 heavy (non-hydrogen) atoms. The van der Waals surface area contributed by atoms with Crippen LogP contribution in [0.5, 0.6) is 0 Å². The Labute approximate surface area is 153 Å². The number of esters is 1. The van der Waals surface area contributed by atoms with Gasteiger partial charge in [0.15, 0.2) is 0 Å². The van der Waals surface area contributed by atoms with Gasteiger partial charge in [0.05, 0.1) is 19.0 Å². The number of hydrogen-bond donors (Lipinski definition) is 1. The lowest BCUT2D eigenvalue weighted by atomic mass is 9.57. The molecule has 1 unspecified atom stereocenters. The first-order valence-corrected chi connectivity index (χ1v) is 10.8. The van der Waals surface area contributed by atoms with Gasteiger partial charge in [-0.15, -0.1) is 0 Å². The van der Waals surface area contributed by atoms with E-state index in [-0.39, 0.29) is 18.0 Å². The minimum absolute atomic E-state index is 0.0916. The summed E-state index contributed by atoms with van der Waals surface area (Å²) in [6.45, 7) is 4.52. The van der Waals surface area contributed by atoms with Crippen LogP contribution in [0.25, 0.3) is 0 Å². The molecule has 0 spiro atoms. The molecule has 0 bridgehead atoms. The van der Waals surface area contributed by atoms with Crippen molar-refractivity contribution in [1.82, 2.24) is 0 Å². The van der Waals surface area contributed by atoms with Gasteiger partial charge in [0.2, 0.25) is 0 Å². The average molecular weight is 347 g/mol. The Morgan fingerprint density at radius 3 is 2.68 bits per heavy atom. The van der Waals surface area contributed by atoms with Crippen LogP contribution in [-0.4, -0.2) is 31.2 Å². The first kappa shape index (κ1) is 17.6. The number of cyclic esters (lactones) is 1. The Morgan fingerprint density at radius 1 is 1.04 bits per heavy atom. The molecule has 140 valence electrons. The van der Waals surface area contributed by atoms with Gasteiger partial charge in [-0.3, -0.25) is 4.79 Å². The molecule has 4 aliphatic rings. The number of piperidine rings is 1. The number of nitrogens with one attached hydrogen (secondary N) is 1. The summed E-state index contributed by atoms with van der Waals surface area (Å²) in [6.07, 6.45) is 15.7. The fourth-order valence-electron chi connectivity index (χ4n) is 6.56. The summed E-state index contributed by atoms with van der Waals surface area (Å²) in [5.41, 5.74) is 0. The van der Waals surface area contributed by atoms with Crippen LogP contribution in [0.15, 0.2) is 12.2 Å². The van der Waals surface area contributed by atoms with E-state index >= 15 is 0 Å². The van der Waals surface area contributed by atoms with Gasteiger partial charge < -0.3 is 9.64 Å². The molecule has 3 heteroatoms. The van der Waals surface area contributed by atoms with Crippen molar-refractivity contribution in [2.45, 2.75) is 83.4 Å². The number of carbonyl (C=O) groups excluding carboxylic acids is 1. The maximum absolute atomic E-state index is 12.4. The molecule has 3 nitrogen and oxygen atoms in total. The molecule has 2 saturated heterocycles. The van der Waals surface area contributed by atoms with Gasteiger partial charge in [0, 0.05) is 12.3 Å². The van der Waals surface area contributed by atoms with E-state index in [1.165, 1.54) is 44.9 Å². The molecule has 0 amide bonds. The zero-order valence-electron chi connectivity index (χ0n) is 16.2. The minimum Gasteiger partial charge on any atom is -0.462 e. The topological polar surface area (TPSA) is 30.7 Å². The highest BCUT2D eigenvalue weighted by atomic mass is 16.6.